The molecule has 1 aliphatic rings. The molecule has 0 saturated heterocycles. The topological polar surface area (TPSA) is 17.1 Å². The Morgan fingerprint density at radius 1 is 0.900 bits per heavy atom. The minimum absolute atomic E-state index is 0.0757. The number of hydrogen-bond acceptors (Lipinski definition) is 1. The van der Waals surface area contributed by atoms with Crippen molar-refractivity contribution < 1.29 is 4.79 Å². The lowest BCUT2D eigenvalue weighted by Gasteiger charge is -2.19. The molecule has 1 atom stereocenters. The summed E-state index contributed by atoms with van der Waals surface area (Å²) >= 11 is 0. The number of allylic oxidation sites excluding steroid dienone is 2. The van der Waals surface area contributed by atoms with Crippen LogP contribution in [0.5, 0.6) is 0 Å². The summed E-state index contributed by atoms with van der Waals surface area (Å²) < 4.78 is 0. The van der Waals surface area contributed by atoms with Gasteiger partial charge in [0.15, 0.2) is 5.78 Å². The van der Waals surface area contributed by atoms with Crippen LogP contribution >= 0.6 is 0 Å². The van der Waals surface area contributed by atoms with E-state index >= 15 is 0 Å². The number of ketones is 1. The van der Waals surface area contributed by atoms with Crippen molar-refractivity contribution in [1.29, 1.82) is 0 Å². The molecule has 1 aliphatic carbocycles. The van der Waals surface area contributed by atoms with Crippen molar-refractivity contribution in [2.75, 3.05) is 0 Å². The lowest BCUT2D eigenvalue weighted by Crippen LogP contribution is -2.10. The summed E-state index contributed by atoms with van der Waals surface area (Å²) in [5, 5.41) is 0. The van der Waals surface area contributed by atoms with Gasteiger partial charge in [-0.1, -0.05) is 66.2 Å². The highest BCUT2D eigenvalue weighted by Crippen LogP contribution is 2.35. The van der Waals surface area contributed by atoms with E-state index in [-0.39, 0.29) is 5.92 Å². The van der Waals surface area contributed by atoms with E-state index in [0.717, 1.165) is 12.0 Å². The third-order valence-corrected chi connectivity index (χ3v) is 3.91. The molecule has 3 rings (SSSR count). The second-order valence-electron chi connectivity index (χ2n) is 5.38. The normalized spacial score (nSPS) is 16.1. The predicted octanol–water partition coefficient (Wildman–Crippen LogP) is 4.42. The highest BCUT2D eigenvalue weighted by molar-refractivity contribution is 5.99. The van der Waals surface area contributed by atoms with Crippen LogP contribution in [-0.4, -0.2) is 5.78 Å². The lowest BCUT2D eigenvalue weighted by molar-refractivity contribution is -0.115. The molecular weight excluding hydrogens is 244 g/mol. The van der Waals surface area contributed by atoms with Crippen molar-refractivity contribution >= 4 is 5.78 Å². The fourth-order valence-electron chi connectivity index (χ4n) is 2.85. The van der Waals surface area contributed by atoms with Crippen molar-refractivity contribution in [3.8, 4) is 0 Å². The van der Waals surface area contributed by atoms with Crippen LogP contribution in [0.2, 0.25) is 0 Å². The van der Waals surface area contributed by atoms with Gasteiger partial charge in [-0.15, -0.1) is 0 Å². The Morgan fingerprint density at radius 3 is 2.15 bits per heavy atom. The number of carbonyl (C=O) groups is 1. The van der Waals surface area contributed by atoms with E-state index < -0.39 is 0 Å². The van der Waals surface area contributed by atoms with Gasteiger partial charge in [0.25, 0.3) is 0 Å². The monoisotopic (exact) mass is 262 g/mol. The van der Waals surface area contributed by atoms with Crippen molar-refractivity contribution in [1.82, 2.24) is 0 Å². The van der Waals surface area contributed by atoms with Crippen LogP contribution in [0.15, 0.2) is 66.2 Å². The van der Waals surface area contributed by atoms with E-state index in [1.807, 2.05) is 18.2 Å². The molecule has 1 unspecified atom stereocenters. The fourth-order valence-corrected chi connectivity index (χ4v) is 2.85. The molecule has 0 radical (unpaired) electrons. The Balaban J connectivity index is 2.08. The molecule has 1 heteroatoms. The second kappa shape index (κ2) is 5.46. The predicted molar refractivity (Wildman–Crippen MR) is 81.8 cm³/mol. The highest BCUT2D eigenvalue weighted by Gasteiger charge is 2.26. The summed E-state index contributed by atoms with van der Waals surface area (Å²) in [6.45, 7) is 2.08. The van der Waals surface area contributed by atoms with Crippen molar-refractivity contribution in [2.24, 2.45) is 0 Å². The average Bonchev–Trinajstić information content (AvgIpc) is 2.89. The molecule has 0 aliphatic heterocycles. The summed E-state index contributed by atoms with van der Waals surface area (Å²) in [7, 11) is 0. The molecule has 0 heterocycles. The number of carbonyl (C=O) groups excluding carboxylic acids is 1. The Kier molecular flexibility index (Phi) is 3.51. The number of benzene rings is 2. The Labute approximate surface area is 120 Å². The van der Waals surface area contributed by atoms with Crippen LogP contribution in [0.25, 0.3) is 0 Å². The summed E-state index contributed by atoms with van der Waals surface area (Å²) in [5.41, 5.74) is 4.59. The molecule has 2 aromatic rings. The smallest absolute Gasteiger partial charge is 0.159 e. The summed E-state index contributed by atoms with van der Waals surface area (Å²) in [6, 6.07) is 18.8. The van der Waals surface area contributed by atoms with Crippen molar-refractivity contribution in [3.05, 3.63) is 82.9 Å². The average molecular weight is 262 g/mol. The van der Waals surface area contributed by atoms with E-state index in [4.69, 9.17) is 0 Å². The number of hydrogen-bond donors (Lipinski definition) is 0. The largest absolute Gasteiger partial charge is 0.295 e. The SMILES string of the molecule is Cc1ccc(C(C2=CCCC2=O)c2ccccc2)cc1. The van der Waals surface area contributed by atoms with Gasteiger partial charge < -0.3 is 0 Å². The number of Topliss-reactive ketones (excluding diaryl/α,β-unsaturated/α-hetero) is 1. The molecule has 0 bridgehead atoms. The Bertz CT molecular complexity index is 635. The Hall–Kier alpha value is -2.15. The Morgan fingerprint density at radius 2 is 1.55 bits per heavy atom. The zero-order chi connectivity index (χ0) is 13.9. The molecular formula is C19H18O. The summed E-state index contributed by atoms with van der Waals surface area (Å²) in [5.74, 6) is 0.367. The van der Waals surface area contributed by atoms with Gasteiger partial charge in [0, 0.05) is 17.9 Å². The fraction of sp³-hybridized carbons (Fsp3) is 0.211. The first-order valence-electron chi connectivity index (χ1n) is 7.10. The van der Waals surface area contributed by atoms with Crippen LogP contribution < -0.4 is 0 Å². The molecule has 0 saturated carbocycles. The lowest BCUT2D eigenvalue weighted by atomic mass is 9.84. The van der Waals surface area contributed by atoms with Crippen LogP contribution in [-0.2, 0) is 4.79 Å². The minimum Gasteiger partial charge on any atom is -0.295 e. The maximum atomic E-state index is 12.2. The molecule has 100 valence electrons. The van der Waals surface area contributed by atoms with E-state index in [1.54, 1.807) is 0 Å². The van der Waals surface area contributed by atoms with Crippen molar-refractivity contribution in [2.45, 2.75) is 25.7 Å². The van der Waals surface area contributed by atoms with Crippen LogP contribution in [0.3, 0.4) is 0 Å². The number of aryl methyl sites for hydroxylation is 1. The van der Waals surface area contributed by atoms with Gasteiger partial charge >= 0.3 is 0 Å². The molecule has 0 amide bonds. The summed E-state index contributed by atoms with van der Waals surface area (Å²) in [4.78, 5) is 12.2. The van der Waals surface area contributed by atoms with Crippen LogP contribution in [0.1, 0.15) is 35.4 Å². The standard InChI is InChI=1S/C19H18O/c1-14-10-12-16(13-11-14)19(15-6-3-2-4-7-15)17-8-5-9-18(17)20/h2-4,6-8,10-13,19H,5,9H2,1H3. The maximum absolute atomic E-state index is 12.2. The van der Waals surface area contributed by atoms with Gasteiger partial charge in [-0.2, -0.15) is 0 Å². The molecule has 0 spiro atoms. The van der Waals surface area contributed by atoms with Gasteiger partial charge in [-0.05, 0) is 24.5 Å². The van der Waals surface area contributed by atoms with Gasteiger partial charge in [-0.3, -0.25) is 4.79 Å². The van der Waals surface area contributed by atoms with E-state index in [2.05, 4.69) is 49.4 Å². The van der Waals surface area contributed by atoms with Crippen molar-refractivity contribution in [3.63, 3.8) is 0 Å². The maximum Gasteiger partial charge on any atom is 0.159 e. The second-order valence-corrected chi connectivity index (χ2v) is 5.38. The van der Waals surface area contributed by atoms with E-state index in [0.29, 0.717) is 12.2 Å². The third kappa shape index (κ3) is 2.44. The quantitative estimate of drug-likeness (QED) is 0.800. The zero-order valence-corrected chi connectivity index (χ0v) is 11.7. The van der Waals surface area contributed by atoms with E-state index in [9.17, 15) is 4.79 Å². The van der Waals surface area contributed by atoms with Gasteiger partial charge in [0.2, 0.25) is 0 Å². The van der Waals surface area contributed by atoms with Gasteiger partial charge in [0.1, 0.15) is 0 Å². The van der Waals surface area contributed by atoms with E-state index in [1.165, 1.54) is 16.7 Å². The molecule has 1 nitrogen and oxygen atoms in total. The molecule has 0 aromatic heterocycles. The van der Waals surface area contributed by atoms with Crippen LogP contribution in [0, 0.1) is 6.92 Å². The molecule has 0 N–H and O–H groups in total. The first-order valence-corrected chi connectivity index (χ1v) is 7.10. The first kappa shape index (κ1) is 12.9. The summed E-state index contributed by atoms with van der Waals surface area (Å²) in [6.07, 6.45) is 3.65. The molecule has 2 aromatic carbocycles. The molecule has 0 fully saturated rings. The van der Waals surface area contributed by atoms with Gasteiger partial charge in [-0.25, -0.2) is 0 Å². The third-order valence-electron chi connectivity index (χ3n) is 3.91. The van der Waals surface area contributed by atoms with Crippen LogP contribution in [0.4, 0.5) is 0 Å². The number of rotatable bonds is 3. The first-order chi connectivity index (χ1) is 9.75. The zero-order valence-electron chi connectivity index (χ0n) is 11.7. The minimum atomic E-state index is 0.0757. The highest BCUT2D eigenvalue weighted by atomic mass is 16.1. The van der Waals surface area contributed by atoms with Gasteiger partial charge in [0.05, 0.1) is 0 Å². The molecule has 20 heavy (non-hydrogen) atoms.